The molecule has 59 heavy (non-hydrogen) atoms. The highest BCUT2D eigenvalue weighted by Crippen LogP contribution is 2.48. The normalized spacial score (nSPS) is 13.2. The van der Waals surface area contributed by atoms with Gasteiger partial charge in [0, 0.05) is 22.4 Å². The molecule has 2 nitrogen and oxygen atoms in total. The van der Waals surface area contributed by atoms with Crippen LogP contribution in [0.15, 0.2) is 224 Å². The van der Waals surface area contributed by atoms with Crippen molar-refractivity contribution in [1.29, 1.82) is 5.26 Å². The topological polar surface area (TPSA) is 28.7 Å². The van der Waals surface area contributed by atoms with Crippen molar-refractivity contribution < 1.29 is 0 Å². The van der Waals surface area contributed by atoms with Gasteiger partial charge < -0.3 is 4.57 Å². The highest BCUT2D eigenvalue weighted by molar-refractivity contribution is 7.20. The fourth-order valence-corrected chi connectivity index (χ4v) is 14.6. The van der Waals surface area contributed by atoms with Crippen LogP contribution in [0.1, 0.15) is 28.2 Å². The van der Waals surface area contributed by atoms with E-state index in [1.807, 2.05) is 6.07 Å². The van der Waals surface area contributed by atoms with Gasteiger partial charge in [-0.15, -0.1) is 0 Å². The number of hydrogen-bond acceptors (Lipinski definition) is 1. The first kappa shape index (κ1) is 34.7. The van der Waals surface area contributed by atoms with Gasteiger partial charge in [0.05, 0.1) is 22.7 Å². The van der Waals surface area contributed by atoms with Gasteiger partial charge in [-0.05, 0) is 96.1 Å². The maximum Gasteiger partial charge on any atom is 0.179 e. The van der Waals surface area contributed by atoms with Gasteiger partial charge in [-0.3, -0.25) is 0 Å². The second-order valence-corrected chi connectivity index (χ2v) is 19.3. The van der Waals surface area contributed by atoms with Crippen LogP contribution in [0.5, 0.6) is 0 Å². The first-order valence-corrected chi connectivity index (χ1v) is 22.3. The van der Waals surface area contributed by atoms with Crippen molar-refractivity contribution in [2.75, 3.05) is 0 Å². The van der Waals surface area contributed by atoms with Crippen LogP contribution in [0.2, 0.25) is 0 Å². The lowest BCUT2D eigenvalue weighted by molar-refractivity contribution is 1.02. The van der Waals surface area contributed by atoms with Crippen molar-refractivity contribution in [3.05, 3.63) is 247 Å². The Morgan fingerprint density at radius 3 is 1.75 bits per heavy atom. The molecule has 1 aromatic heterocycles. The van der Waals surface area contributed by atoms with E-state index in [0.717, 1.165) is 11.3 Å². The average molecular weight is 767 g/mol. The summed E-state index contributed by atoms with van der Waals surface area (Å²) in [7, 11) is -2.89. The van der Waals surface area contributed by atoms with Crippen LogP contribution in [0, 0.1) is 11.3 Å². The third-order valence-corrected chi connectivity index (χ3v) is 17.2. The Morgan fingerprint density at radius 2 is 1.00 bits per heavy atom. The van der Waals surface area contributed by atoms with E-state index in [1.54, 1.807) is 0 Å². The molecule has 0 bridgehead atoms. The molecule has 10 aromatic rings. The second-order valence-electron chi connectivity index (χ2n) is 15.5. The Bertz CT molecular complexity index is 3170. The van der Waals surface area contributed by atoms with Crippen LogP contribution < -0.4 is 20.7 Å². The van der Waals surface area contributed by atoms with Gasteiger partial charge in [-0.25, -0.2) is 0 Å². The molecule has 0 saturated heterocycles. The summed E-state index contributed by atoms with van der Waals surface area (Å²) in [6, 6.07) is 84.8. The van der Waals surface area contributed by atoms with Crippen LogP contribution >= 0.6 is 0 Å². The number of hydrogen-bond donors (Lipinski definition) is 0. The number of nitriles is 1. The lowest BCUT2D eigenvalue weighted by Gasteiger charge is -2.35. The quantitative estimate of drug-likeness (QED) is 0.117. The number of aromatic nitrogens is 1. The molecule has 1 aliphatic rings. The zero-order chi connectivity index (χ0) is 39.3. The molecule has 1 unspecified atom stereocenters. The van der Waals surface area contributed by atoms with Crippen LogP contribution in [0.25, 0.3) is 49.7 Å². The molecule has 0 amide bonds. The van der Waals surface area contributed by atoms with E-state index in [4.69, 9.17) is 0 Å². The molecule has 1 aliphatic carbocycles. The zero-order valence-electron chi connectivity index (χ0n) is 32.3. The molecular weight excluding hydrogens is 729 g/mol. The van der Waals surface area contributed by atoms with Crippen molar-refractivity contribution in [3.63, 3.8) is 0 Å². The number of benzene rings is 9. The Morgan fingerprint density at radius 1 is 0.407 bits per heavy atom. The largest absolute Gasteiger partial charge is 0.309 e. The van der Waals surface area contributed by atoms with Gasteiger partial charge in [0.1, 0.15) is 0 Å². The van der Waals surface area contributed by atoms with Gasteiger partial charge in [0.25, 0.3) is 0 Å². The molecule has 276 valence electrons. The molecule has 0 spiro atoms. The van der Waals surface area contributed by atoms with Crippen LogP contribution in [-0.4, -0.2) is 12.6 Å². The maximum atomic E-state index is 9.75. The minimum atomic E-state index is -2.89. The smallest absolute Gasteiger partial charge is 0.179 e. The average Bonchev–Trinajstić information content (AvgIpc) is 3.83. The SMILES string of the molecule is N#Cc1ccc2c(c1)-c1ccccc1C2c1ccc([Si](c2ccccc2)(c2ccccc2)c2ccc3c(c2)c2ccccc2n3-c2cccc(-c3ccccc3)c2)cc1. The van der Waals surface area contributed by atoms with Crippen molar-refractivity contribution in [2.45, 2.75) is 5.92 Å². The highest BCUT2D eigenvalue weighted by atomic mass is 28.3. The Labute approximate surface area is 345 Å². The summed E-state index contributed by atoms with van der Waals surface area (Å²) in [5.41, 5.74) is 12.8. The Kier molecular flexibility index (Phi) is 8.32. The van der Waals surface area contributed by atoms with Crippen molar-refractivity contribution >= 4 is 50.6 Å². The number of nitrogens with zero attached hydrogens (tertiary/aromatic N) is 2. The predicted molar refractivity (Wildman–Crippen MR) is 247 cm³/mol. The van der Waals surface area contributed by atoms with Crippen molar-refractivity contribution in [3.8, 4) is 34.0 Å². The first-order chi connectivity index (χ1) is 29.2. The van der Waals surface area contributed by atoms with Gasteiger partial charge >= 0.3 is 0 Å². The summed E-state index contributed by atoms with van der Waals surface area (Å²) < 4.78 is 2.43. The summed E-state index contributed by atoms with van der Waals surface area (Å²) >= 11 is 0. The monoisotopic (exact) mass is 766 g/mol. The predicted octanol–water partition coefficient (Wildman–Crippen LogP) is 10.9. The fourth-order valence-electron chi connectivity index (χ4n) is 9.87. The molecular formula is C56H38N2Si. The molecule has 0 N–H and O–H groups in total. The molecule has 1 heterocycles. The summed E-state index contributed by atoms with van der Waals surface area (Å²) in [4.78, 5) is 0. The van der Waals surface area contributed by atoms with E-state index in [0.29, 0.717) is 5.56 Å². The maximum absolute atomic E-state index is 9.75. The van der Waals surface area contributed by atoms with E-state index in [2.05, 4.69) is 229 Å². The summed E-state index contributed by atoms with van der Waals surface area (Å²) in [6.07, 6.45) is 0. The first-order valence-electron chi connectivity index (χ1n) is 20.3. The lowest BCUT2D eigenvalue weighted by atomic mass is 9.89. The summed E-state index contributed by atoms with van der Waals surface area (Å²) in [6.45, 7) is 0. The van der Waals surface area contributed by atoms with Crippen molar-refractivity contribution in [2.24, 2.45) is 0 Å². The molecule has 3 heteroatoms. The number of para-hydroxylation sites is 1. The third kappa shape index (κ3) is 5.53. The Balaban J connectivity index is 1.12. The van der Waals surface area contributed by atoms with Gasteiger partial charge in [-0.2, -0.15) is 5.26 Å². The molecule has 0 saturated carbocycles. The lowest BCUT2D eigenvalue weighted by Crippen LogP contribution is -2.74. The molecule has 9 aromatic carbocycles. The number of fused-ring (bicyclic) bond motifs is 6. The van der Waals surface area contributed by atoms with E-state index >= 15 is 0 Å². The van der Waals surface area contributed by atoms with E-state index < -0.39 is 8.07 Å². The van der Waals surface area contributed by atoms with Gasteiger partial charge in [0.2, 0.25) is 0 Å². The van der Waals surface area contributed by atoms with Gasteiger partial charge in [0.15, 0.2) is 8.07 Å². The van der Waals surface area contributed by atoms with E-state index in [9.17, 15) is 5.26 Å². The molecule has 1 atom stereocenters. The summed E-state index contributed by atoms with van der Waals surface area (Å²) in [5.74, 6) is 0.0929. The highest BCUT2D eigenvalue weighted by Gasteiger charge is 2.42. The van der Waals surface area contributed by atoms with Crippen LogP contribution in [0.4, 0.5) is 0 Å². The summed E-state index contributed by atoms with van der Waals surface area (Å²) in [5, 5.41) is 17.6. The third-order valence-electron chi connectivity index (χ3n) is 12.5. The second kappa shape index (κ2) is 14.1. The zero-order valence-corrected chi connectivity index (χ0v) is 33.3. The molecule has 0 radical (unpaired) electrons. The van der Waals surface area contributed by atoms with Crippen LogP contribution in [0.3, 0.4) is 0 Å². The Hall–Kier alpha value is -7.51. The minimum Gasteiger partial charge on any atom is -0.309 e. The van der Waals surface area contributed by atoms with Crippen LogP contribution in [-0.2, 0) is 0 Å². The van der Waals surface area contributed by atoms with Crippen molar-refractivity contribution in [1.82, 2.24) is 4.57 Å². The molecule has 0 aliphatic heterocycles. The fraction of sp³-hybridized carbons (Fsp3) is 0.0179. The molecule has 11 rings (SSSR count). The van der Waals surface area contributed by atoms with E-state index in [-0.39, 0.29) is 5.92 Å². The number of rotatable bonds is 7. The minimum absolute atomic E-state index is 0.0929. The standard InChI is InChI=1S/C56H38N2Si/c57-38-39-27-33-51-52(35-39)48-23-10-11-25-50(48)56(51)41-28-30-46(31-29-41)59(44-19-6-2-7-20-44,45-21-8-3-9-22-45)47-32-34-55-53(37-47)49-24-12-13-26-54(49)58(55)43-18-14-17-42(36-43)40-15-4-1-5-16-40/h1-37,56H. The molecule has 0 fully saturated rings. The van der Waals surface area contributed by atoms with Gasteiger partial charge in [-0.1, -0.05) is 188 Å². The van der Waals surface area contributed by atoms with E-state index in [1.165, 1.54) is 75.9 Å².